The van der Waals surface area contributed by atoms with E-state index in [-0.39, 0.29) is 0 Å². The van der Waals surface area contributed by atoms with Crippen molar-refractivity contribution in [3.63, 3.8) is 0 Å². The Kier molecular flexibility index (Phi) is 7.43. The average molecular weight is 370 g/mol. The molecule has 4 heteroatoms. The molecule has 0 radical (unpaired) electrons. The second-order valence-electron chi connectivity index (χ2n) is 7.49. The quantitative estimate of drug-likeness (QED) is 0.538. The summed E-state index contributed by atoms with van der Waals surface area (Å²) in [7, 11) is 0. The highest BCUT2D eigenvalue weighted by Crippen LogP contribution is 2.35. The topological polar surface area (TPSA) is 61.5 Å². The number of carbonyl (C=O) groups excluding carboxylic acids is 1. The summed E-state index contributed by atoms with van der Waals surface area (Å²) in [6.07, 6.45) is -0.275. The molecule has 0 heterocycles. The highest BCUT2D eigenvalue weighted by atomic mass is 16.7. The predicted octanol–water partition coefficient (Wildman–Crippen LogP) is 4.77. The number of hydrogen-bond acceptors (Lipinski definition) is 4. The van der Waals surface area contributed by atoms with Gasteiger partial charge in [-0.3, -0.25) is 4.79 Å². The van der Waals surface area contributed by atoms with E-state index in [1.165, 1.54) is 0 Å². The number of benzene rings is 2. The van der Waals surface area contributed by atoms with Crippen LogP contribution in [0.5, 0.6) is 5.75 Å². The molecule has 0 aromatic heterocycles. The van der Waals surface area contributed by atoms with E-state index < -0.39 is 18.3 Å². The summed E-state index contributed by atoms with van der Waals surface area (Å²) >= 11 is 0. The van der Waals surface area contributed by atoms with Crippen LogP contribution in [0.15, 0.2) is 48.5 Å². The van der Waals surface area contributed by atoms with Crippen LogP contribution in [0.4, 0.5) is 0 Å². The molecule has 0 bridgehead atoms. The maximum atomic E-state index is 12.4. The molecular formula is C23H31NO3. The van der Waals surface area contributed by atoms with Crippen molar-refractivity contribution in [1.82, 2.24) is 0 Å². The minimum Gasteiger partial charge on any atom is -0.454 e. The second kappa shape index (κ2) is 9.56. The smallest absolute Gasteiger partial charge is 0.326 e. The van der Waals surface area contributed by atoms with E-state index in [0.29, 0.717) is 18.3 Å². The number of rotatable bonds is 8. The van der Waals surface area contributed by atoms with Crippen LogP contribution in [0.25, 0.3) is 0 Å². The summed E-state index contributed by atoms with van der Waals surface area (Å²) in [4.78, 5) is 12.4. The average Bonchev–Trinajstić information content (AvgIpc) is 2.62. The molecule has 0 saturated heterocycles. The van der Waals surface area contributed by atoms with E-state index in [1.54, 1.807) is 6.92 Å². The summed E-state index contributed by atoms with van der Waals surface area (Å²) < 4.78 is 11.5. The van der Waals surface area contributed by atoms with Crippen molar-refractivity contribution >= 4 is 5.97 Å². The molecule has 27 heavy (non-hydrogen) atoms. The molecule has 2 unspecified atom stereocenters. The molecular weight excluding hydrogens is 338 g/mol. The van der Waals surface area contributed by atoms with Crippen LogP contribution in [0, 0.1) is 0 Å². The Hall–Kier alpha value is -2.33. The zero-order chi connectivity index (χ0) is 20.0. The minimum atomic E-state index is -0.719. The highest BCUT2D eigenvalue weighted by molar-refractivity contribution is 5.76. The van der Waals surface area contributed by atoms with Crippen molar-refractivity contribution in [2.45, 2.75) is 65.2 Å². The van der Waals surface area contributed by atoms with E-state index >= 15 is 0 Å². The fraction of sp³-hybridized carbons (Fsp3) is 0.435. The third kappa shape index (κ3) is 5.83. The summed E-state index contributed by atoms with van der Waals surface area (Å²) in [6.45, 7) is 10.2. The first kappa shape index (κ1) is 21.0. The van der Waals surface area contributed by atoms with Gasteiger partial charge in [0.2, 0.25) is 6.29 Å². The normalized spacial score (nSPS) is 13.5. The number of para-hydroxylation sites is 1. The first-order valence-corrected chi connectivity index (χ1v) is 9.59. The molecule has 2 rings (SSSR count). The number of ether oxygens (including phenoxy) is 2. The lowest BCUT2D eigenvalue weighted by Crippen LogP contribution is -2.37. The van der Waals surface area contributed by atoms with E-state index in [4.69, 9.17) is 15.2 Å². The fourth-order valence-corrected chi connectivity index (χ4v) is 3.01. The minimum absolute atomic E-state index is 0.307. The Morgan fingerprint density at radius 2 is 1.44 bits per heavy atom. The lowest BCUT2D eigenvalue weighted by atomic mass is 9.94. The van der Waals surface area contributed by atoms with Gasteiger partial charge in [0.25, 0.3) is 0 Å². The third-order valence-corrected chi connectivity index (χ3v) is 4.49. The summed E-state index contributed by atoms with van der Waals surface area (Å²) in [5.74, 6) is 0.961. The summed E-state index contributed by atoms with van der Waals surface area (Å²) in [5, 5.41) is 0. The van der Waals surface area contributed by atoms with Crippen molar-refractivity contribution < 1.29 is 14.3 Å². The molecule has 0 aliphatic rings. The van der Waals surface area contributed by atoms with Gasteiger partial charge in [0.05, 0.1) is 0 Å². The highest BCUT2D eigenvalue weighted by Gasteiger charge is 2.22. The maximum absolute atomic E-state index is 12.4. The van der Waals surface area contributed by atoms with Gasteiger partial charge in [0, 0.05) is 6.92 Å². The Labute approximate surface area is 162 Å². The monoisotopic (exact) mass is 369 g/mol. The van der Waals surface area contributed by atoms with Gasteiger partial charge in [-0.25, -0.2) is 0 Å². The van der Waals surface area contributed by atoms with Crippen LogP contribution in [0.1, 0.15) is 63.1 Å². The van der Waals surface area contributed by atoms with Crippen LogP contribution in [-0.4, -0.2) is 18.3 Å². The molecule has 0 aliphatic carbocycles. The zero-order valence-electron chi connectivity index (χ0n) is 16.9. The molecule has 2 aromatic carbocycles. The molecule has 0 spiro atoms. The lowest BCUT2D eigenvalue weighted by Gasteiger charge is -2.24. The molecule has 0 aliphatic heterocycles. The molecule has 0 fully saturated rings. The summed E-state index contributed by atoms with van der Waals surface area (Å²) in [5.41, 5.74) is 9.24. The van der Waals surface area contributed by atoms with E-state index in [1.807, 2.05) is 36.4 Å². The third-order valence-electron chi connectivity index (χ3n) is 4.49. The van der Waals surface area contributed by atoms with E-state index in [0.717, 1.165) is 22.4 Å². The van der Waals surface area contributed by atoms with Crippen molar-refractivity contribution in [2.24, 2.45) is 5.73 Å². The number of hydrogen-bond donors (Lipinski definition) is 1. The van der Waals surface area contributed by atoms with Crippen LogP contribution in [-0.2, 0) is 16.0 Å². The van der Waals surface area contributed by atoms with Gasteiger partial charge in [0.1, 0.15) is 11.8 Å². The molecule has 146 valence electrons. The van der Waals surface area contributed by atoms with E-state index in [2.05, 4.69) is 39.8 Å². The number of nitrogens with two attached hydrogens (primary N) is 1. The number of carbonyl (C=O) groups is 1. The van der Waals surface area contributed by atoms with Gasteiger partial charge in [-0.05, 0) is 34.9 Å². The standard InChI is InChI=1S/C23H31NO3/c1-15(2)19-12-9-13-20(16(3)4)22(19)26-17(5)27-23(25)21(24)14-18-10-7-6-8-11-18/h6-13,15-17,21H,14,24H2,1-5H3. The fourth-order valence-electron chi connectivity index (χ4n) is 3.01. The molecule has 4 nitrogen and oxygen atoms in total. The molecule has 2 N–H and O–H groups in total. The van der Waals surface area contributed by atoms with Gasteiger partial charge >= 0.3 is 5.97 Å². The van der Waals surface area contributed by atoms with Crippen molar-refractivity contribution in [2.75, 3.05) is 0 Å². The van der Waals surface area contributed by atoms with Crippen molar-refractivity contribution in [3.8, 4) is 5.75 Å². The summed E-state index contributed by atoms with van der Waals surface area (Å²) in [6, 6.07) is 15.1. The van der Waals surface area contributed by atoms with Crippen molar-refractivity contribution in [3.05, 3.63) is 65.2 Å². The molecule has 2 aromatic rings. The van der Waals surface area contributed by atoms with Gasteiger partial charge in [-0.2, -0.15) is 0 Å². The van der Waals surface area contributed by atoms with Crippen LogP contribution in [0.3, 0.4) is 0 Å². The molecule has 0 amide bonds. The largest absolute Gasteiger partial charge is 0.454 e. The predicted molar refractivity (Wildman–Crippen MR) is 109 cm³/mol. The first-order chi connectivity index (χ1) is 12.8. The Morgan fingerprint density at radius 3 is 1.96 bits per heavy atom. The van der Waals surface area contributed by atoms with Crippen LogP contribution in [0.2, 0.25) is 0 Å². The Morgan fingerprint density at radius 1 is 0.889 bits per heavy atom. The first-order valence-electron chi connectivity index (χ1n) is 9.59. The Balaban J connectivity index is 2.06. The number of esters is 1. The van der Waals surface area contributed by atoms with Crippen LogP contribution >= 0.6 is 0 Å². The SMILES string of the molecule is CC(OC(=O)C(N)Cc1ccccc1)Oc1c(C(C)C)cccc1C(C)C. The Bertz CT molecular complexity index is 714. The molecule has 2 atom stereocenters. The van der Waals surface area contributed by atoms with Gasteiger partial charge in [0.15, 0.2) is 0 Å². The lowest BCUT2D eigenvalue weighted by molar-refractivity contribution is -0.163. The van der Waals surface area contributed by atoms with Gasteiger partial charge in [-0.15, -0.1) is 0 Å². The molecule has 0 saturated carbocycles. The van der Waals surface area contributed by atoms with E-state index in [9.17, 15) is 4.79 Å². The zero-order valence-corrected chi connectivity index (χ0v) is 16.9. The maximum Gasteiger partial charge on any atom is 0.326 e. The van der Waals surface area contributed by atoms with Crippen LogP contribution < -0.4 is 10.5 Å². The van der Waals surface area contributed by atoms with Gasteiger partial charge < -0.3 is 15.2 Å². The second-order valence-corrected chi connectivity index (χ2v) is 7.49. The van der Waals surface area contributed by atoms with Gasteiger partial charge in [-0.1, -0.05) is 76.2 Å². The van der Waals surface area contributed by atoms with Crippen molar-refractivity contribution in [1.29, 1.82) is 0 Å².